The van der Waals surface area contributed by atoms with Crippen LogP contribution >= 0.6 is 0 Å². The van der Waals surface area contributed by atoms with Crippen LogP contribution in [0.25, 0.3) is 0 Å². The summed E-state index contributed by atoms with van der Waals surface area (Å²) in [5, 5.41) is 19.8. The molecular weight excluding hydrogens is 229 g/mol. The first-order valence-corrected chi connectivity index (χ1v) is 5.05. The van der Waals surface area contributed by atoms with Gasteiger partial charge in [0.05, 0.1) is 19.3 Å². The van der Waals surface area contributed by atoms with Gasteiger partial charge in [-0.05, 0) is 12.1 Å². The van der Waals surface area contributed by atoms with Crippen LogP contribution in [-0.4, -0.2) is 42.0 Å². The third-order valence-electron chi connectivity index (χ3n) is 2.00. The summed E-state index contributed by atoms with van der Waals surface area (Å²) in [6.07, 6.45) is 0. The fourth-order valence-electron chi connectivity index (χ4n) is 1.12. The number of amides is 1. The molecule has 3 N–H and O–H groups in total. The highest BCUT2D eigenvalue weighted by Crippen LogP contribution is 2.14. The van der Waals surface area contributed by atoms with E-state index in [1.807, 2.05) is 0 Å². The number of nitrogens with one attached hydrogen (secondary N) is 1. The van der Waals surface area contributed by atoms with Crippen LogP contribution in [-0.2, 0) is 4.79 Å². The number of hydrogen-bond donors (Lipinski definition) is 3. The molecule has 1 rings (SSSR count). The van der Waals surface area contributed by atoms with Crippen LogP contribution in [0.1, 0.15) is 0 Å². The molecule has 0 radical (unpaired) electrons. The Morgan fingerprint density at radius 3 is 2.59 bits per heavy atom. The van der Waals surface area contributed by atoms with Crippen LogP contribution in [0.15, 0.2) is 24.3 Å². The Morgan fingerprint density at radius 1 is 1.35 bits per heavy atom. The first kappa shape index (κ1) is 13.4. The molecule has 1 amide bonds. The van der Waals surface area contributed by atoms with Crippen molar-refractivity contribution in [1.29, 1.82) is 0 Å². The van der Waals surface area contributed by atoms with Crippen molar-refractivity contribution in [3.63, 3.8) is 0 Å². The van der Waals surface area contributed by atoms with Crippen molar-refractivity contribution in [3.05, 3.63) is 30.1 Å². The van der Waals surface area contributed by atoms with Crippen LogP contribution in [0.4, 0.5) is 4.39 Å². The van der Waals surface area contributed by atoms with Crippen molar-refractivity contribution in [2.45, 2.75) is 6.04 Å². The van der Waals surface area contributed by atoms with Gasteiger partial charge in [0.2, 0.25) is 0 Å². The number of halogens is 1. The summed E-state index contributed by atoms with van der Waals surface area (Å²) in [5.41, 5.74) is 0. The highest BCUT2D eigenvalue weighted by molar-refractivity contribution is 5.77. The second-order valence-electron chi connectivity index (χ2n) is 3.35. The molecule has 1 aromatic rings. The van der Waals surface area contributed by atoms with Crippen molar-refractivity contribution in [2.24, 2.45) is 0 Å². The van der Waals surface area contributed by atoms with Gasteiger partial charge in [-0.1, -0.05) is 12.1 Å². The Bertz CT molecular complexity index is 368. The lowest BCUT2D eigenvalue weighted by atomic mass is 10.3. The number of carbonyl (C=O) groups is 1. The van der Waals surface area contributed by atoms with Gasteiger partial charge in [0.25, 0.3) is 5.91 Å². The SMILES string of the molecule is O=C(COc1ccccc1F)NC(CO)CO. The predicted molar refractivity (Wildman–Crippen MR) is 58.0 cm³/mol. The molecule has 5 nitrogen and oxygen atoms in total. The molecule has 0 saturated carbocycles. The number of rotatable bonds is 6. The van der Waals surface area contributed by atoms with Crippen LogP contribution < -0.4 is 10.1 Å². The summed E-state index contributed by atoms with van der Waals surface area (Å²) >= 11 is 0. The fourth-order valence-corrected chi connectivity index (χ4v) is 1.12. The molecule has 6 heteroatoms. The molecule has 17 heavy (non-hydrogen) atoms. The molecule has 1 aromatic carbocycles. The lowest BCUT2D eigenvalue weighted by Crippen LogP contribution is -2.42. The van der Waals surface area contributed by atoms with E-state index in [2.05, 4.69) is 5.32 Å². The van der Waals surface area contributed by atoms with E-state index in [4.69, 9.17) is 14.9 Å². The van der Waals surface area contributed by atoms with Gasteiger partial charge in [0.15, 0.2) is 18.2 Å². The number of aliphatic hydroxyl groups is 2. The zero-order valence-corrected chi connectivity index (χ0v) is 9.10. The number of hydrogen-bond acceptors (Lipinski definition) is 4. The average Bonchev–Trinajstić information content (AvgIpc) is 2.35. The molecule has 0 aliphatic heterocycles. The third-order valence-corrected chi connectivity index (χ3v) is 2.00. The van der Waals surface area contributed by atoms with E-state index in [0.717, 1.165) is 0 Å². The second kappa shape index (κ2) is 6.82. The molecule has 0 unspecified atom stereocenters. The summed E-state index contributed by atoms with van der Waals surface area (Å²) in [6, 6.07) is 4.98. The Morgan fingerprint density at radius 2 is 2.00 bits per heavy atom. The van der Waals surface area contributed by atoms with E-state index in [1.54, 1.807) is 6.07 Å². The van der Waals surface area contributed by atoms with Crippen LogP contribution in [0.2, 0.25) is 0 Å². The smallest absolute Gasteiger partial charge is 0.258 e. The van der Waals surface area contributed by atoms with Crippen molar-refractivity contribution < 1.29 is 24.1 Å². The van der Waals surface area contributed by atoms with Gasteiger partial charge in [-0.2, -0.15) is 0 Å². The zero-order chi connectivity index (χ0) is 12.7. The molecule has 0 spiro atoms. The van der Waals surface area contributed by atoms with Gasteiger partial charge in [0, 0.05) is 0 Å². The molecule has 0 atom stereocenters. The molecule has 0 saturated heterocycles. The maximum Gasteiger partial charge on any atom is 0.258 e. The predicted octanol–water partition coefficient (Wildman–Crippen LogP) is -0.326. The quantitative estimate of drug-likeness (QED) is 0.639. The lowest BCUT2D eigenvalue weighted by Gasteiger charge is -2.13. The van der Waals surface area contributed by atoms with E-state index >= 15 is 0 Å². The Hall–Kier alpha value is -1.66. The second-order valence-corrected chi connectivity index (χ2v) is 3.35. The number of benzene rings is 1. The summed E-state index contributed by atoms with van der Waals surface area (Å²) < 4.78 is 18.0. The van der Waals surface area contributed by atoms with Gasteiger partial charge >= 0.3 is 0 Å². The summed E-state index contributed by atoms with van der Waals surface area (Å²) in [7, 11) is 0. The molecule has 0 aliphatic carbocycles. The standard InChI is InChI=1S/C11H14FNO4/c12-9-3-1-2-4-10(9)17-7-11(16)13-8(5-14)6-15/h1-4,8,14-15H,5-7H2,(H,13,16). The minimum absolute atomic E-state index is 0.0211. The zero-order valence-electron chi connectivity index (χ0n) is 9.10. The lowest BCUT2D eigenvalue weighted by molar-refractivity contribution is -0.124. The number of para-hydroxylation sites is 1. The third kappa shape index (κ3) is 4.38. The Kier molecular flexibility index (Phi) is 5.38. The summed E-state index contributed by atoms with van der Waals surface area (Å²) in [4.78, 5) is 11.3. The maximum atomic E-state index is 13.1. The van der Waals surface area contributed by atoms with Gasteiger partial charge in [0.1, 0.15) is 0 Å². The normalized spacial score (nSPS) is 10.4. The molecule has 0 heterocycles. The largest absolute Gasteiger partial charge is 0.481 e. The minimum Gasteiger partial charge on any atom is -0.481 e. The first-order valence-electron chi connectivity index (χ1n) is 5.05. The first-order chi connectivity index (χ1) is 8.17. The monoisotopic (exact) mass is 243 g/mol. The number of carbonyl (C=O) groups excluding carboxylic acids is 1. The van der Waals surface area contributed by atoms with Crippen molar-refractivity contribution in [3.8, 4) is 5.75 Å². The average molecular weight is 243 g/mol. The van der Waals surface area contributed by atoms with E-state index in [-0.39, 0.29) is 25.6 Å². The highest BCUT2D eigenvalue weighted by Gasteiger charge is 2.11. The highest BCUT2D eigenvalue weighted by atomic mass is 19.1. The number of aliphatic hydroxyl groups excluding tert-OH is 2. The van der Waals surface area contributed by atoms with Crippen molar-refractivity contribution in [1.82, 2.24) is 5.32 Å². The van der Waals surface area contributed by atoms with Crippen LogP contribution in [0.5, 0.6) is 5.75 Å². The molecule has 0 fully saturated rings. The van der Waals surface area contributed by atoms with Gasteiger partial charge < -0.3 is 20.3 Å². The minimum atomic E-state index is -0.730. The summed E-state index contributed by atoms with van der Waals surface area (Å²) in [6.45, 7) is -1.12. The molecule has 0 aliphatic rings. The maximum absolute atomic E-state index is 13.1. The van der Waals surface area contributed by atoms with Crippen molar-refractivity contribution in [2.75, 3.05) is 19.8 Å². The van der Waals surface area contributed by atoms with E-state index in [0.29, 0.717) is 0 Å². The van der Waals surface area contributed by atoms with E-state index in [1.165, 1.54) is 18.2 Å². The summed E-state index contributed by atoms with van der Waals surface area (Å²) in [5.74, 6) is -1.12. The van der Waals surface area contributed by atoms with Gasteiger partial charge in [-0.25, -0.2) is 4.39 Å². The van der Waals surface area contributed by atoms with E-state index < -0.39 is 17.8 Å². The van der Waals surface area contributed by atoms with E-state index in [9.17, 15) is 9.18 Å². The molecular formula is C11H14FNO4. The number of ether oxygens (including phenoxy) is 1. The Balaban J connectivity index is 2.41. The molecule has 0 bridgehead atoms. The van der Waals surface area contributed by atoms with Crippen molar-refractivity contribution >= 4 is 5.91 Å². The molecule has 94 valence electrons. The Labute approximate surface area is 97.8 Å². The molecule has 0 aromatic heterocycles. The fraction of sp³-hybridized carbons (Fsp3) is 0.364. The van der Waals surface area contributed by atoms with Gasteiger partial charge in [-0.3, -0.25) is 4.79 Å². The topological polar surface area (TPSA) is 78.8 Å². The van der Waals surface area contributed by atoms with Gasteiger partial charge in [-0.15, -0.1) is 0 Å². The van der Waals surface area contributed by atoms with Crippen LogP contribution in [0, 0.1) is 5.82 Å². The van der Waals surface area contributed by atoms with Crippen LogP contribution in [0.3, 0.4) is 0 Å².